The van der Waals surface area contributed by atoms with Crippen LogP contribution in [-0.4, -0.2) is 48.0 Å². The van der Waals surface area contributed by atoms with Gasteiger partial charge in [-0.15, -0.1) is 0 Å². The van der Waals surface area contributed by atoms with Crippen LogP contribution in [0.5, 0.6) is 0 Å². The summed E-state index contributed by atoms with van der Waals surface area (Å²) in [5, 5.41) is 9.97. The highest BCUT2D eigenvalue weighted by Crippen LogP contribution is 2.21. The van der Waals surface area contributed by atoms with E-state index in [-0.39, 0.29) is 11.7 Å². The van der Waals surface area contributed by atoms with Gasteiger partial charge < -0.3 is 14.7 Å². The van der Waals surface area contributed by atoms with Crippen LogP contribution in [0.4, 0.5) is 0 Å². The summed E-state index contributed by atoms with van der Waals surface area (Å²) in [6, 6.07) is 0. The largest absolute Gasteiger partial charge is 0.389 e. The Morgan fingerprint density at radius 2 is 1.76 bits per heavy atom. The first kappa shape index (κ1) is 14.9. The van der Waals surface area contributed by atoms with E-state index in [2.05, 4.69) is 18.7 Å². The smallest absolute Gasteiger partial charge is 0.0900 e. The van der Waals surface area contributed by atoms with Gasteiger partial charge in [-0.2, -0.15) is 0 Å². The normalized spacial score (nSPS) is 29.3. The van der Waals surface area contributed by atoms with Crippen LogP contribution >= 0.6 is 0 Å². The molecule has 3 atom stereocenters. The molecule has 1 fully saturated rings. The van der Waals surface area contributed by atoms with Gasteiger partial charge in [-0.3, -0.25) is 0 Å². The van der Waals surface area contributed by atoms with Crippen molar-refractivity contribution < 1.29 is 9.84 Å². The number of nitrogens with zero attached hydrogens (tertiary/aromatic N) is 1. The third kappa shape index (κ3) is 6.39. The van der Waals surface area contributed by atoms with E-state index in [0.717, 1.165) is 31.5 Å². The lowest BCUT2D eigenvalue weighted by Crippen LogP contribution is -2.44. The van der Waals surface area contributed by atoms with Gasteiger partial charge in [-0.05, 0) is 39.0 Å². The predicted octanol–water partition coefficient (Wildman–Crippen LogP) is 2.14. The fourth-order valence-corrected chi connectivity index (χ4v) is 2.64. The van der Waals surface area contributed by atoms with E-state index in [9.17, 15) is 5.11 Å². The molecule has 3 nitrogen and oxygen atoms in total. The number of ether oxygens (including phenoxy) is 1. The molecule has 1 aliphatic heterocycles. The van der Waals surface area contributed by atoms with Crippen LogP contribution in [0.2, 0.25) is 0 Å². The van der Waals surface area contributed by atoms with Crippen molar-refractivity contribution in [2.45, 2.75) is 52.7 Å². The predicted molar refractivity (Wildman–Crippen MR) is 71.1 cm³/mol. The molecular formula is C14H29NO2. The third-order valence-electron chi connectivity index (χ3n) is 3.12. The monoisotopic (exact) mass is 243 g/mol. The topological polar surface area (TPSA) is 32.7 Å². The average Bonchev–Trinajstić information content (AvgIpc) is 2.11. The van der Waals surface area contributed by atoms with Gasteiger partial charge in [0.25, 0.3) is 0 Å². The molecule has 17 heavy (non-hydrogen) atoms. The third-order valence-corrected chi connectivity index (χ3v) is 3.12. The fourth-order valence-electron chi connectivity index (χ4n) is 2.64. The van der Waals surface area contributed by atoms with Gasteiger partial charge in [0.1, 0.15) is 0 Å². The van der Waals surface area contributed by atoms with Crippen molar-refractivity contribution in [3.63, 3.8) is 0 Å². The van der Waals surface area contributed by atoms with E-state index in [0.29, 0.717) is 6.61 Å². The Labute approximate surface area is 106 Å². The minimum Gasteiger partial charge on any atom is -0.389 e. The molecule has 0 amide bonds. The molecule has 0 bridgehead atoms. The number of piperidine rings is 1. The van der Waals surface area contributed by atoms with Crippen LogP contribution < -0.4 is 0 Å². The van der Waals surface area contributed by atoms with Crippen molar-refractivity contribution in [1.82, 2.24) is 4.90 Å². The Balaban J connectivity index is 2.28. The number of hydrogen-bond acceptors (Lipinski definition) is 3. The molecule has 0 aromatic heterocycles. The Morgan fingerprint density at radius 3 is 2.24 bits per heavy atom. The molecule has 3 heteroatoms. The summed E-state index contributed by atoms with van der Waals surface area (Å²) in [6.07, 6.45) is 0.942. The van der Waals surface area contributed by atoms with Crippen molar-refractivity contribution in [2.24, 2.45) is 11.8 Å². The minimum atomic E-state index is -0.369. The van der Waals surface area contributed by atoms with E-state index in [1.54, 1.807) is 0 Å². The van der Waals surface area contributed by atoms with Crippen LogP contribution in [0.1, 0.15) is 41.0 Å². The van der Waals surface area contributed by atoms with E-state index < -0.39 is 0 Å². The standard InChI is InChI=1S/C14H29NO2/c1-11-6-12(2)8-15(7-11)9-13(16)10-17-14(3,4)5/h11-13,16H,6-10H2,1-5H3/t11-,12+,13-/m1/s1. The van der Waals surface area contributed by atoms with Crippen molar-refractivity contribution in [1.29, 1.82) is 0 Å². The highest BCUT2D eigenvalue weighted by atomic mass is 16.5. The zero-order valence-electron chi connectivity index (χ0n) is 12.1. The number of hydrogen-bond donors (Lipinski definition) is 1. The first-order valence-electron chi connectivity index (χ1n) is 6.80. The first-order chi connectivity index (χ1) is 7.76. The lowest BCUT2D eigenvalue weighted by atomic mass is 9.92. The maximum atomic E-state index is 9.97. The highest BCUT2D eigenvalue weighted by Gasteiger charge is 2.24. The number of rotatable bonds is 4. The van der Waals surface area contributed by atoms with Crippen LogP contribution in [0, 0.1) is 11.8 Å². The van der Waals surface area contributed by atoms with E-state index >= 15 is 0 Å². The van der Waals surface area contributed by atoms with Crippen LogP contribution in [0.15, 0.2) is 0 Å². The summed E-state index contributed by atoms with van der Waals surface area (Å²) in [6.45, 7) is 14.0. The molecule has 1 N–H and O–H groups in total. The molecule has 0 aliphatic carbocycles. The van der Waals surface area contributed by atoms with Crippen LogP contribution in [0.3, 0.4) is 0 Å². The van der Waals surface area contributed by atoms with Crippen molar-refractivity contribution in [2.75, 3.05) is 26.2 Å². The van der Waals surface area contributed by atoms with Crippen molar-refractivity contribution in [3.8, 4) is 0 Å². The summed E-state index contributed by atoms with van der Waals surface area (Å²) in [7, 11) is 0. The zero-order valence-corrected chi connectivity index (χ0v) is 12.1. The maximum Gasteiger partial charge on any atom is 0.0900 e. The second-order valence-corrected chi connectivity index (χ2v) is 6.74. The fraction of sp³-hybridized carbons (Fsp3) is 1.00. The molecule has 1 rings (SSSR count). The van der Waals surface area contributed by atoms with Gasteiger partial charge in [0.2, 0.25) is 0 Å². The van der Waals surface area contributed by atoms with Gasteiger partial charge in [0.15, 0.2) is 0 Å². The molecule has 0 spiro atoms. The number of β-amino-alcohol motifs (C(OH)–C–C–N with tert-alkyl or cyclic N) is 1. The zero-order chi connectivity index (χ0) is 13.1. The number of aliphatic hydroxyl groups is 1. The summed E-state index contributed by atoms with van der Waals surface area (Å²) in [5.41, 5.74) is -0.163. The Bertz CT molecular complexity index is 215. The molecule has 0 unspecified atom stereocenters. The molecule has 1 heterocycles. The molecule has 0 radical (unpaired) electrons. The Kier molecular flexibility index (Phi) is 5.42. The molecule has 0 saturated carbocycles. The van der Waals surface area contributed by atoms with Crippen molar-refractivity contribution in [3.05, 3.63) is 0 Å². The number of likely N-dealkylation sites (tertiary alicyclic amines) is 1. The molecule has 1 aliphatic rings. The van der Waals surface area contributed by atoms with E-state index in [1.807, 2.05) is 20.8 Å². The second kappa shape index (κ2) is 6.17. The number of aliphatic hydroxyl groups excluding tert-OH is 1. The molecular weight excluding hydrogens is 214 g/mol. The SMILES string of the molecule is C[C@@H]1C[C@H](C)CN(C[C@@H](O)COC(C)(C)C)C1. The summed E-state index contributed by atoms with van der Waals surface area (Å²) in [4.78, 5) is 2.37. The van der Waals surface area contributed by atoms with Gasteiger partial charge in [0, 0.05) is 19.6 Å². The van der Waals surface area contributed by atoms with Crippen LogP contribution in [-0.2, 0) is 4.74 Å². The lowest BCUT2D eigenvalue weighted by Gasteiger charge is -2.36. The highest BCUT2D eigenvalue weighted by molar-refractivity contribution is 4.76. The Hall–Kier alpha value is -0.120. The lowest BCUT2D eigenvalue weighted by molar-refractivity contribution is -0.0596. The molecule has 102 valence electrons. The molecule has 0 aromatic rings. The summed E-state index contributed by atoms with van der Waals surface area (Å²) >= 11 is 0. The Morgan fingerprint density at radius 1 is 1.24 bits per heavy atom. The van der Waals surface area contributed by atoms with Crippen LogP contribution in [0.25, 0.3) is 0 Å². The summed E-state index contributed by atoms with van der Waals surface area (Å²) < 4.78 is 5.61. The minimum absolute atomic E-state index is 0.163. The summed E-state index contributed by atoms with van der Waals surface area (Å²) in [5.74, 6) is 1.49. The van der Waals surface area contributed by atoms with Crippen molar-refractivity contribution >= 4 is 0 Å². The van der Waals surface area contributed by atoms with E-state index in [1.165, 1.54) is 6.42 Å². The van der Waals surface area contributed by atoms with Gasteiger partial charge in [0.05, 0.1) is 18.3 Å². The van der Waals surface area contributed by atoms with E-state index in [4.69, 9.17) is 4.74 Å². The van der Waals surface area contributed by atoms with Gasteiger partial charge >= 0.3 is 0 Å². The maximum absolute atomic E-state index is 9.97. The quantitative estimate of drug-likeness (QED) is 0.821. The van der Waals surface area contributed by atoms with Gasteiger partial charge in [-0.1, -0.05) is 13.8 Å². The molecule has 0 aromatic carbocycles. The first-order valence-corrected chi connectivity index (χ1v) is 6.80. The average molecular weight is 243 g/mol. The molecule has 1 saturated heterocycles. The van der Waals surface area contributed by atoms with Gasteiger partial charge in [-0.25, -0.2) is 0 Å². The second-order valence-electron chi connectivity index (χ2n) is 6.74.